The van der Waals surface area contributed by atoms with Crippen molar-refractivity contribution in [2.45, 2.75) is 52.9 Å². The first-order chi connectivity index (χ1) is 8.23. The van der Waals surface area contributed by atoms with Gasteiger partial charge >= 0.3 is 12.3 Å². The van der Waals surface area contributed by atoms with Gasteiger partial charge in [0.15, 0.2) is 0 Å². The van der Waals surface area contributed by atoms with Gasteiger partial charge < -0.3 is 10.2 Å². The predicted molar refractivity (Wildman–Crippen MR) is 64.2 cm³/mol. The van der Waals surface area contributed by atoms with Crippen molar-refractivity contribution < 1.29 is 29.6 Å². The van der Waals surface area contributed by atoms with E-state index < -0.39 is 12.3 Å². The maximum absolute atomic E-state index is 9.29. The van der Waals surface area contributed by atoms with Crippen LogP contribution in [0.3, 0.4) is 0 Å². The second-order valence-electron chi connectivity index (χ2n) is 5.40. The summed E-state index contributed by atoms with van der Waals surface area (Å²) in [7, 11) is 0. The molecule has 0 aromatic rings. The molecule has 1 aliphatic carbocycles. The largest absolute Gasteiger partial charge is 0.547 e. The standard InChI is InChI=1S/C10H20.C2H2O6/c1-10(2,3)9-7-5-4-6-8-9;3-1(4)7-8-2(5)6/h9H,4-8H2,1-3H3;(H,3,4)(H,5,6). The summed E-state index contributed by atoms with van der Waals surface area (Å²) in [6.07, 6.45) is 3.78. The van der Waals surface area contributed by atoms with Crippen LogP contribution in [-0.2, 0) is 9.78 Å². The monoisotopic (exact) mass is 262 g/mol. The zero-order chi connectivity index (χ0) is 14.2. The Labute approximate surface area is 107 Å². The molecule has 0 aromatic heterocycles. The molecule has 0 aliphatic heterocycles. The van der Waals surface area contributed by atoms with E-state index in [1.807, 2.05) is 0 Å². The molecule has 2 N–H and O–H groups in total. The highest BCUT2D eigenvalue weighted by Gasteiger charge is 2.25. The van der Waals surface area contributed by atoms with E-state index >= 15 is 0 Å². The summed E-state index contributed by atoms with van der Waals surface area (Å²) in [5.74, 6) is 1.00. The van der Waals surface area contributed by atoms with Gasteiger partial charge in [-0.2, -0.15) is 0 Å². The summed E-state index contributed by atoms with van der Waals surface area (Å²) < 4.78 is 0. The van der Waals surface area contributed by atoms with Crippen LogP contribution >= 0.6 is 0 Å². The predicted octanol–water partition coefficient (Wildman–Crippen LogP) is 3.90. The Morgan fingerprint density at radius 3 is 1.56 bits per heavy atom. The van der Waals surface area contributed by atoms with Crippen LogP contribution in [0.5, 0.6) is 0 Å². The van der Waals surface area contributed by atoms with Gasteiger partial charge in [-0.05, 0) is 24.2 Å². The van der Waals surface area contributed by atoms with Crippen LogP contribution in [0, 0.1) is 11.3 Å². The van der Waals surface area contributed by atoms with Crippen LogP contribution in [-0.4, -0.2) is 22.5 Å². The molecule has 0 aromatic carbocycles. The van der Waals surface area contributed by atoms with E-state index in [1.165, 1.54) is 32.1 Å². The Kier molecular flexibility index (Phi) is 7.16. The maximum Gasteiger partial charge on any atom is 0.547 e. The molecule has 0 heterocycles. The van der Waals surface area contributed by atoms with Crippen LogP contribution < -0.4 is 0 Å². The van der Waals surface area contributed by atoms with Gasteiger partial charge in [0.1, 0.15) is 0 Å². The van der Waals surface area contributed by atoms with E-state index in [9.17, 15) is 9.59 Å². The van der Waals surface area contributed by atoms with Gasteiger partial charge in [0.25, 0.3) is 0 Å². The molecule has 18 heavy (non-hydrogen) atoms. The number of carbonyl (C=O) groups is 2. The average Bonchev–Trinajstić information content (AvgIpc) is 2.27. The highest BCUT2D eigenvalue weighted by Crippen LogP contribution is 2.37. The fraction of sp³-hybridized carbons (Fsp3) is 0.833. The lowest BCUT2D eigenvalue weighted by Gasteiger charge is -2.33. The Bertz CT molecular complexity index is 248. The fourth-order valence-electron chi connectivity index (χ4n) is 2.04. The second-order valence-corrected chi connectivity index (χ2v) is 5.40. The van der Waals surface area contributed by atoms with Gasteiger partial charge in [-0.25, -0.2) is 19.4 Å². The third-order valence-electron chi connectivity index (χ3n) is 3.01. The van der Waals surface area contributed by atoms with Crippen molar-refractivity contribution in [1.29, 1.82) is 0 Å². The molecule has 0 bridgehead atoms. The molecule has 6 heteroatoms. The van der Waals surface area contributed by atoms with Crippen molar-refractivity contribution in [1.82, 2.24) is 0 Å². The summed E-state index contributed by atoms with van der Waals surface area (Å²) in [4.78, 5) is 24.8. The lowest BCUT2D eigenvalue weighted by atomic mass is 9.72. The zero-order valence-corrected chi connectivity index (χ0v) is 11.1. The van der Waals surface area contributed by atoms with Crippen molar-refractivity contribution in [3.8, 4) is 0 Å². The molecule has 0 unspecified atom stereocenters. The van der Waals surface area contributed by atoms with E-state index in [-0.39, 0.29) is 0 Å². The van der Waals surface area contributed by atoms with E-state index in [0.29, 0.717) is 5.41 Å². The van der Waals surface area contributed by atoms with Gasteiger partial charge in [0.05, 0.1) is 0 Å². The SMILES string of the molecule is CC(C)(C)C1CCCCC1.O=C(O)OOC(=O)O. The molecule has 1 fully saturated rings. The molecule has 0 amide bonds. The average molecular weight is 262 g/mol. The molecule has 1 aliphatic rings. The molecule has 0 spiro atoms. The van der Waals surface area contributed by atoms with E-state index in [4.69, 9.17) is 10.2 Å². The van der Waals surface area contributed by atoms with Crippen molar-refractivity contribution >= 4 is 12.3 Å². The summed E-state index contributed by atoms with van der Waals surface area (Å²) in [6, 6.07) is 0. The Hall–Kier alpha value is -1.46. The molecule has 6 nitrogen and oxygen atoms in total. The third-order valence-corrected chi connectivity index (χ3v) is 3.01. The quantitative estimate of drug-likeness (QED) is 0.508. The van der Waals surface area contributed by atoms with Crippen LogP contribution in [0.2, 0.25) is 0 Å². The molecular formula is C12H22O6. The molecule has 1 saturated carbocycles. The summed E-state index contributed by atoms with van der Waals surface area (Å²) in [5, 5.41) is 15.1. The first-order valence-corrected chi connectivity index (χ1v) is 6.04. The molecule has 0 saturated heterocycles. The summed E-state index contributed by atoms with van der Waals surface area (Å²) in [5.41, 5.74) is 0.570. The van der Waals surface area contributed by atoms with E-state index in [1.54, 1.807) is 0 Å². The van der Waals surface area contributed by atoms with E-state index in [0.717, 1.165) is 5.92 Å². The highest BCUT2D eigenvalue weighted by atomic mass is 17.2. The third kappa shape index (κ3) is 8.66. The van der Waals surface area contributed by atoms with Gasteiger partial charge in [-0.3, -0.25) is 0 Å². The Morgan fingerprint density at radius 1 is 0.944 bits per heavy atom. The molecule has 0 radical (unpaired) electrons. The summed E-state index contributed by atoms with van der Waals surface area (Å²) in [6.45, 7) is 7.13. The molecular weight excluding hydrogens is 240 g/mol. The molecule has 0 atom stereocenters. The summed E-state index contributed by atoms with van der Waals surface area (Å²) >= 11 is 0. The van der Waals surface area contributed by atoms with E-state index in [2.05, 4.69) is 30.5 Å². The van der Waals surface area contributed by atoms with Crippen LogP contribution in [0.1, 0.15) is 52.9 Å². The first-order valence-electron chi connectivity index (χ1n) is 6.04. The normalized spacial score (nSPS) is 16.2. The Balaban J connectivity index is 0.000000331. The highest BCUT2D eigenvalue weighted by molar-refractivity contribution is 5.60. The van der Waals surface area contributed by atoms with Gasteiger partial charge in [0.2, 0.25) is 0 Å². The second kappa shape index (κ2) is 7.79. The zero-order valence-electron chi connectivity index (χ0n) is 11.1. The Morgan fingerprint density at radius 2 is 1.33 bits per heavy atom. The molecule has 106 valence electrons. The van der Waals surface area contributed by atoms with Crippen molar-refractivity contribution in [2.75, 3.05) is 0 Å². The van der Waals surface area contributed by atoms with Gasteiger partial charge in [-0.1, -0.05) is 40.0 Å². The minimum atomic E-state index is -1.80. The van der Waals surface area contributed by atoms with Crippen LogP contribution in [0.4, 0.5) is 9.59 Å². The lowest BCUT2D eigenvalue weighted by Crippen LogP contribution is -2.22. The number of carboxylic acid groups (broad SMARTS) is 2. The number of hydrogen-bond donors (Lipinski definition) is 2. The van der Waals surface area contributed by atoms with Crippen molar-refractivity contribution in [2.24, 2.45) is 11.3 Å². The van der Waals surface area contributed by atoms with Crippen LogP contribution in [0.25, 0.3) is 0 Å². The van der Waals surface area contributed by atoms with Gasteiger partial charge in [0, 0.05) is 0 Å². The minimum Gasteiger partial charge on any atom is -0.447 e. The van der Waals surface area contributed by atoms with Crippen molar-refractivity contribution in [3.05, 3.63) is 0 Å². The lowest BCUT2D eigenvalue weighted by molar-refractivity contribution is -0.208. The first kappa shape index (κ1) is 16.5. The molecule has 1 rings (SSSR count). The maximum atomic E-state index is 9.29. The number of rotatable bonds is 0. The van der Waals surface area contributed by atoms with Crippen molar-refractivity contribution in [3.63, 3.8) is 0 Å². The fourth-order valence-corrected chi connectivity index (χ4v) is 2.04. The minimum absolute atomic E-state index is 0.570. The van der Waals surface area contributed by atoms with Crippen LogP contribution in [0.15, 0.2) is 0 Å². The van der Waals surface area contributed by atoms with Gasteiger partial charge in [-0.15, -0.1) is 0 Å². The number of hydrogen-bond acceptors (Lipinski definition) is 4. The topological polar surface area (TPSA) is 93.1 Å². The smallest absolute Gasteiger partial charge is 0.447 e.